The maximum absolute atomic E-state index is 13.1. The number of ketones is 1. The number of aryl methyl sites for hydroxylation is 2. The van der Waals surface area contributed by atoms with E-state index < -0.39 is 0 Å². The molecule has 5 rings (SSSR count). The predicted octanol–water partition coefficient (Wildman–Crippen LogP) is 4.65. The van der Waals surface area contributed by atoms with Crippen LogP contribution < -0.4 is 10.2 Å². The summed E-state index contributed by atoms with van der Waals surface area (Å²) in [6, 6.07) is 15.1. The first-order valence-electron chi connectivity index (χ1n) is 11.6. The Hall–Kier alpha value is -3.87. The number of urea groups is 1. The smallest absolute Gasteiger partial charge is 0.322 e. The summed E-state index contributed by atoms with van der Waals surface area (Å²) in [5.41, 5.74) is 4.53. The molecule has 0 saturated carbocycles. The minimum absolute atomic E-state index is 0.0395. The van der Waals surface area contributed by atoms with Crippen molar-refractivity contribution < 1.29 is 14.7 Å². The van der Waals surface area contributed by atoms with Gasteiger partial charge in [0.15, 0.2) is 5.78 Å². The van der Waals surface area contributed by atoms with Crippen molar-refractivity contribution in [2.75, 3.05) is 23.3 Å². The van der Waals surface area contributed by atoms with Gasteiger partial charge in [0.2, 0.25) is 0 Å². The van der Waals surface area contributed by atoms with E-state index in [0.717, 1.165) is 43.0 Å². The number of aromatic nitrogens is 1. The van der Waals surface area contributed by atoms with Crippen molar-refractivity contribution in [3.63, 3.8) is 0 Å². The van der Waals surface area contributed by atoms with Crippen LogP contribution in [0.15, 0.2) is 54.7 Å². The minimum atomic E-state index is -0.0895. The molecule has 1 fully saturated rings. The molecule has 0 bridgehead atoms. The third-order valence-electron chi connectivity index (χ3n) is 6.85. The lowest BCUT2D eigenvalue weighted by molar-refractivity contribution is 0.103. The summed E-state index contributed by atoms with van der Waals surface area (Å²) in [5.74, 6) is 0.902. The molecule has 0 unspecified atom stereocenters. The van der Waals surface area contributed by atoms with Crippen LogP contribution in [-0.4, -0.2) is 45.9 Å². The summed E-state index contributed by atoms with van der Waals surface area (Å²) in [6.45, 7) is 5.74. The molecule has 1 aromatic heterocycles. The van der Waals surface area contributed by atoms with Crippen LogP contribution in [0.25, 0.3) is 0 Å². The quantitative estimate of drug-likeness (QED) is 0.558. The van der Waals surface area contributed by atoms with Gasteiger partial charge < -0.3 is 20.2 Å². The monoisotopic (exact) mass is 456 g/mol. The molecule has 0 spiro atoms. The molecule has 0 atom stereocenters. The molecular formula is C27H28N4O3. The van der Waals surface area contributed by atoms with Gasteiger partial charge in [0.25, 0.3) is 0 Å². The number of carbonyl (C=O) groups is 2. The van der Waals surface area contributed by atoms with Crippen LogP contribution in [0.5, 0.6) is 5.75 Å². The zero-order valence-electron chi connectivity index (χ0n) is 19.4. The molecule has 174 valence electrons. The molecule has 2 amide bonds. The van der Waals surface area contributed by atoms with E-state index in [1.54, 1.807) is 38.2 Å². The number of hydrogen-bond acceptors (Lipinski definition) is 5. The van der Waals surface area contributed by atoms with Gasteiger partial charge in [0, 0.05) is 48.7 Å². The third-order valence-corrected chi connectivity index (χ3v) is 6.85. The van der Waals surface area contributed by atoms with Gasteiger partial charge in [-0.05, 0) is 73.7 Å². The highest BCUT2D eigenvalue weighted by Gasteiger charge is 2.31. The van der Waals surface area contributed by atoms with Crippen LogP contribution in [0.1, 0.15) is 45.5 Å². The Morgan fingerprint density at radius 1 is 1.03 bits per heavy atom. The highest BCUT2D eigenvalue weighted by atomic mass is 16.3. The number of phenols is 1. The van der Waals surface area contributed by atoms with Gasteiger partial charge >= 0.3 is 6.03 Å². The van der Waals surface area contributed by atoms with Gasteiger partial charge in [-0.3, -0.25) is 4.79 Å². The van der Waals surface area contributed by atoms with Gasteiger partial charge in [0.1, 0.15) is 11.6 Å². The Bertz CT molecular complexity index is 1240. The fourth-order valence-corrected chi connectivity index (χ4v) is 4.91. The SMILES string of the molecule is Cc1cc(C(=O)c2ccnc(N3CCC(N4Cc5ccccc5NC4=O)CC3)c2)cc(C)c1O. The number of carbonyl (C=O) groups excluding carboxylic acids is 2. The van der Waals surface area contributed by atoms with Crippen molar-refractivity contribution in [2.24, 2.45) is 0 Å². The highest BCUT2D eigenvalue weighted by molar-refractivity contribution is 6.09. The number of fused-ring (bicyclic) bond motifs is 1. The first kappa shape index (κ1) is 21.9. The average Bonchev–Trinajstić information content (AvgIpc) is 2.86. The fourth-order valence-electron chi connectivity index (χ4n) is 4.91. The summed E-state index contributed by atoms with van der Waals surface area (Å²) in [6.07, 6.45) is 3.35. The molecule has 2 aliphatic heterocycles. The van der Waals surface area contributed by atoms with Crippen LogP contribution in [0.3, 0.4) is 0 Å². The summed E-state index contributed by atoms with van der Waals surface area (Å²) < 4.78 is 0. The molecule has 3 aromatic rings. The Kier molecular flexibility index (Phi) is 5.69. The number of phenolic OH excluding ortho intramolecular Hbond substituents is 1. The maximum atomic E-state index is 13.1. The number of para-hydroxylation sites is 1. The molecule has 2 aliphatic rings. The van der Waals surface area contributed by atoms with Crippen LogP contribution in [-0.2, 0) is 6.54 Å². The molecule has 34 heavy (non-hydrogen) atoms. The molecular weight excluding hydrogens is 428 g/mol. The Labute approximate surface area is 199 Å². The second-order valence-corrected chi connectivity index (χ2v) is 9.12. The number of piperidine rings is 1. The molecule has 2 N–H and O–H groups in total. The van der Waals surface area contributed by atoms with Crippen molar-refractivity contribution in [3.05, 3.63) is 82.5 Å². The van der Waals surface area contributed by atoms with Crippen LogP contribution >= 0.6 is 0 Å². The van der Waals surface area contributed by atoms with Crippen molar-refractivity contribution in [1.29, 1.82) is 0 Å². The number of anilines is 2. The maximum Gasteiger partial charge on any atom is 0.322 e. The first-order valence-corrected chi connectivity index (χ1v) is 11.6. The number of amides is 2. The van der Waals surface area contributed by atoms with Gasteiger partial charge in [0.05, 0.1) is 0 Å². The fraction of sp³-hybridized carbons (Fsp3) is 0.296. The summed E-state index contributed by atoms with van der Waals surface area (Å²) in [5, 5.41) is 13.0. The standard InChI is InChI=1S/C27H28N4O3/c1-17-13-21(14-18(2)25(17)32)26(33)19-7-10-28-24(15-19)30-11-8-22(9-12-30)31-16-20-5-3-4-6-23(20)29-27(31)34/h3-7,10,13-15,22,32H,8-9,11-12,16H2,1-2H3,(H,29,34). The van der Waals surface area contributed by atoms with E-state index in [1.807, 2.05) is 29.2 Å². The number of aromatic hydroxyl groups is 1. The molecule has 3 heterocycles. The lowest BCUT2D eigenvalue weighted by Gasteiger charge is -2.41. The molecule has 2 aromatic carbocycles. The number of hydrogen-bond donors (Lipinski definition) is 2. The normalized spacial score (nSPS) is 16.2. The van der Waals surface area contributed by atoms with Gasteiger partial charge in [-0.1, -0.05) is 18.2 Å². The summed E-state index contributed by atoms with van der Waals surface area (Å²) >= 11 is 0. The van der Waals surface area contributed by atoms with Gasteiger partial charge in [-0.2, -0.15) is 0 Å². The van der Waals surface area contributed by atoms with Gasteiger partial charge in [-0.25, -0.2) is 9.78 Å². The molecule has 7 nitrogen and oxygen atoms in total. The van der Waals surface area contributed by atoms with E-state index in [1.165, 1.54) is 0 Å². The largest absolute Gasteiger partial charge is 0.507 e. The third kappa shape index (κ3) is 4.09. The lowest BCUT2D eigenvalue weighted by atomic mass is 9.98. The van der Waals surface area contributed by atoms with E-state index in [-0.39, 0.29) is 23.6 Å². The van der Waals surface area contributed by atoms with Crippen LogP contribution in [0, 0.1) is 13.8 Å². The average molecular weight is 457 g/mol. The Morgan fingerprint density at radius 3 is 2.47 bits per heavy atom. The Balaban J connectivity index is 1.28. The van der Waals surface area contributed by atoms with Crippen molar-refractivity contribution >= 4 is 23.3 Å². The summed E-state index contributed by atoms with van der Waals surface area (Å²) in [4.78, 5) is 34.4. The van der Waals surface area contributed by atoms with E-state index >= 15 is 0 Å². The molecule has 7 heteroatoms. The summed E-state index contributed by atoms with van der Waals surface area (Å²) in [7, 11) is 0. The number of nitrogens with zero attached hydrogens (tertiary/aromatic N) is 3. The second kappa shape index (κ2) is 8.82. The minimum Gasteiger partial charge on any atom is -0.507 e. The van der Waals surface area contributed by atoms with E-state index in [4.69, 9.17) is 0 Å². The van der Waals surface area contributed by atoms with E-state index in [2.05, 4.69) is 21.3 Å². The number of benzene rings is 2. The number of rotatable bonds is 4. The molecule has 0 aliphatic carbocycles. The van der Waals surface area contributed by atoms with Crippen LogP contribution in [0.4, 0.5) is 16.3 Å². The van der Waals surface area contributed by atoms with Gasteiger partial charge in [-0.15, -0.1) is 0 Å². The predicted molar refractivity (Wildman–Crippen MR) is 131 cm³/mol. The zero-order valence-corrected chi connectivity index (χ0v) is 19.4. The molecule has 1 saturated heterocycles. The zero-order chi connectivity index (χ0) is 23.8. The second-order valence-electron chi connectivity index (χ2n) is 9.12. The number of nitrogens with one attached hydrogen (secondary N) is 1. The van der Waals surface area contributed by atoms with E-state index in [0.29, 0.717) is 28.8 Å². The van der Waals surface area contributed by atoms with Crippen molar-refractivity contribution in [2.45, 2.75) is 39.3 Å². The Morgan fingerprint density at radius 2 is 1.74 bits per heavy atom. The van der Waals surface area contributed by atoms with E-state index in [9.17, 15) is 14.7 Å². The van der Waals surface area contributed by atoms with Crippen LogP contribution in [0.2, 0.25) is 0 Å². The first-order chi connectivity index (χ1) is 16.4. The topological polar surface area (TPSA) is 85.8 Å². The van der Waals surface area contributed by atoms with Crippen molar-refractivity contribution in [1.82, 2.24) is 9.88 Å². The lowest BCUT2D eigenvalue weighted by Crippen LogP contribution is -2.50. The molecule has 0 radical (unpaired) electrons. The van der Waals surface area contributed by atoms with Crippen molar-refractivity contribution in [3.8, 4) is 5.75 Å². The number of pyridine rings is 1. The highest BCUT2D eigenvalue weighted by Crippen LogP contribution is 2.29.